The minimum absolute atomic E-state index is 0.409. The van der Waals surface area contributed by atoms with Gasteiger partial charge >= 0.3 is 0 Å². The Morgan fingerprint density at radius 3 is 2.50 bits per heavy atom. The van der Waals surface area contributed by atoms with E-state index >= 15 is 0 Å². The number of nitrogens with zero attached hydrogens (tertiary/aromatic N) is 2. The highest BCUT2D eigenvalue weighted by molar-refractivity contribution is 7.99. The summed E-state index contributed by atoms with van der Waals surface area (Å²) in [5, 5.41) is 12.1. The van der Waals surface area contributed by atoms with Gasteiger partial charge in [-0.15, -0.1) is 11.3 Å². The summed E-state index contributed by atoms with van der Waals surface area (Å²) in [6, 6.07) is 22.2. The zero-order valence-corrected chi connectivity index (χ0v) is 17.1. The van der Waals surface area contributed by atoms with E-state index in [-0.39, 0.29) is 0 Å². The van der Waals surface area contributed by atoms with E-state index in [1.54, 1.807) is 42.5 Å². The summed E-state index contributed by atoms with van der Waals surface area (Å²) in [7, 11) is 0. The molecule has 30 heavy (non-hydrogen) atoms. The number of nitriles is 1. The van der Waals surface area contributed by atoms with Crippen LogP contribution < -0.4 is 0 Å². The monoisotopic (exact) mass is 436 g/mol. The average Bonchev–Trinajstić information content (AvgIpc) is 3.43. The molecule has 0 fully saturated rings. The van der Waals surface area contributed by atoms with E-state index in [1.807, 2.05) is 35.7 Å². The number of halogens is 2. The van der Waals surface area contributed by atoms with Crippen LogP contribution in [0.1, 0.15) is 10.8 Å². The largest absolute Gasteiger partial charge is 0.457 e. The molecule has 0 bridgehead atoms. The normalized spacial score (nSPS) is 11.6. The van der Waals surface area contributed by atoms with Crippen LogP contribution in [-0.4, -0.2) is 10.7 Å². The van der Waals surface area contributed by atoms with E-state index in [9.17, 15) is 14.0 Å². The highest BCUT2D eigenvalue weighted by atomic mass is 32.2. The number of allylic oxidation sites excluding steroid dienone is 1. The van der Waals surface area contributed by atoms with Crippen LogP contribution in [0.15, 0.2) is 81.4 Å². The third kappa shape index (κ3) is 4.67. The maximum atomic E-state index is 12.4. The molecular weight excluding hydrogens is 422 g/mol. The quantitative estimate of drug-likeness (QED) is 0.233. The average molecular weight is 437 g/mol. The topological polar surface area (TPSA) is 49.8 Å². The highest BCUT2D eigenvalue weighted by Crippen LogP contribution is 2.31. The molecule has 0 unspecified atom stereocenters. The van der Waals surface area contributed by atoms with Crippen LogP contribution in [0.4, 0.5) is 8.78 Å². The minimum atomic E-state index is -2.45. The van der Waals surface area contributed by atoms with Crippen molar-refractivity contribution in [3.8, 4) is 28.7 Å². The third-order valence-corrected chi connectivity index (χ3v) is 5.80. The standard InChI is InChI=1S/C23H14F2N2OS2/c24-23(25)30-19-9-6-16(7-10-19)21-11-8-18(28-21)12-17(13-26)22-27-20(14-29-22)15-4-2-1-3-5-15/h1-12,14,23H. The Morgan fingerprint density at radius 1 is 1.03 bits per heavy atom. The number of hydrogen-bond donors (Lipinski definition) is 0. The Bertz CT molecular complexity index is 1210. The second-order valence-corrected chi connectivity index (χ2v) is 8.10. The second kappa shape index (κ2) is 9.08. The molecule has 2 aromatic carbocycles. The molecule has 0 radical (unpaired) electrons. The predicted molar refractivity (Wildman–Crippen MR) is 117 cm³/mol. The summed E-state index contributed by atoms with van der Waals surface area (Å²) in [6.07, 6.45) is 1.65. The maximum absolute atomic E-state index is 12.4. The van der Waals surface area contributed by atoms with E-state index in [2.05, 4.69) is 11.1 Å². The number of rotatable bonds is 6. The Morgan fingerprint density at radius 2 is 1.80 bits per heavy atom. The number of thiazole rings is 1. The van der Waals surface area contributed by atoms with E-state index in [0.29, 0.717) is 38.8 Å². The van der Waals surface area contributed by atoms with Gasteiger partial charge < -0.3 is 4.42 Å². The smallest absolute Gasteiger partial charge is 0.288 e. The maximum Gasteiger partial charge on any atom is 0.288 e. The van der Waals surface area contributed by atoms with Crippen LogP contribution in [0.5, 0.6) is 0 Å². The SMILES string of the molecule is N#CC(=Cc1ccc(-c2ccc(SC(F)F)cc2)o1)c1nc(-c2ccccc2)cs1. The summed E-state index contributed by atoms with van der Waals surface area (Å²) < 4.78 is 30.7. The first kappa shape index (κ1) is 20.1. The van der Waals surface area contributed by atoms with Crippen molar-refractivity contribution in [1.29, 1.82) is 5.26 Å². The minimum Gasteiger partial charge on any atom is -0.457 e. The summed E-state index contributed by atoms with van der Waals surface area (Å²) >= 11 is 1.90. The molecule has 0 atom stereocenters. The summed E-state index contributed by atoms with van der Waals surface area (Å²) in [5.74, 6) is -1.34. The van der Waals surface area contributed by atoms with Crippen molar-refractivity contribution in [2.75, 3.05) is 0 Å². The molecule has 0 N–H and O–H groups in total. The molecule has 0 aliphatic rings. The van der Waals surface area contributed by atoms with E-state index < -0.39 is 5.76 Å². The number of aromatic nitrogens is 1. The fourth-order valence-electron chi connectivity index (χ4n) is 2.81. The van der Waals surface area contributed by atoms with Crippen LogP contribution in [0.25, 0.3) is 34.2 Å². The molecule has 3 nitrogen and oxygen atoms in total. The van der Waals surface area contributed by atoms with Gasteiger partial charge in [-0.1, -0.05) is 54.2 Å². The molecule has 7 heteroatoms. The van der Waals surface area contributed by atoms with Gasteiger partial charge in [-0.2, -0.15) is 14.0 Å². The third-order valence-electron chi connectivity index (χ3n) is 4.20. The predicted octanol–water partition coefficient (Wildman–Crippen LogP) is 7.45. The van der Waals surface area contributed by atoms with E-state index in [4.69, 9.17) is 4.42 Å². The first-order valence-electron chi connectivity index (χ1n) is 8.90. The lowest BCUT2D eigenvalue weighted by Gasteiger charge is -2.01. The summed E-state index contributed by atoms with van der Waals surface area (Å²) in [4.78, 5) is 5.06. The lowest BCUT2D eigenvalue weighted by molar-refractivity contribution is 0.252. The Labute approximate surface area is 180 Å². The summed E-state index contributed by atoms with van der Waals surface area (Å²) in [5.41, 5.74) is 2.99. The van der Waals surface area contributed by atoms with Crippen molar-refractivity contribution in [2.24, 2.45) is 0 Å². The Hall–Kier alpha value is -3.21. The first-order chi connectivity index (χ1) is 14.6. The Kier molecular flexibility index (Phi) is 6.07. The molecule has 0 aliphatic heterocycles. The van der Waals surface area contributed by atoms with Crippen LogP contribution in [0.3, 0.4) is 0 Å². The Balaban J connectivity index is 1.55. The van der Waals surface area contributed by atoms with Crippen LogP contribution in [0.2, 0.25) is 0 Å². The van der Waals surface area contributed by atoms with Gasteiger partial charge in [-0.25, -0.2) is 4.98 Å². The molecule has 148 valence electrons. The van der Waals surface area contributed by atoms with Gasteiger partial charge in [0, 0.05) is 27.5 Å². The number of benzene rings is 2. The number of furan rings is 1. The molecule has 2 heterocycles. The molecule has 0 spiro atoms. The lowest BCUT2D eigenvalue weighted by atomic mass is 10.2. The molecule has 0 saturated carbocycles. The van der Waals surface area contributed by atoms with Crippen LogP contribution in [-0.2, 0) is 0 Å². The second-order valence-electron chi connectivity index (χ2n) is 6.18. The first-order valence-corrected chi connectivity index (χ1v) is 10.7. The zero-order chi connectivity index (χ0) is 20.9. The lowest BCUT2D eigenvalue weighted by Crippen LogP contribution is -1.82. The summed E-state index contributed by atoms with van der Waals surface area (Å²) in [6.45, 7) is 0. The van der Waals surface area contributed by atoms with Gasteiger partial charge in [0.15, 0.2) is 0 Å². The molecule has 2 aromatic heterocycles. The fraction of sp³-hybridized carbons (Fsp3) is 0.0435. The molecular formula is C23H14F2N2OS2. The van der Waals surface area contributed by atoms with Gasteiger partial charge in [0.2, 0.25) is 0 Å². The van der Waals surface area contributed by atoms with Crippen molar-refractivity contribution < 1.29 is 13.2 Å². The molecule has 4 aromatic rings. The van der Waals surface area contributed by atoms with Gasteiger partial charge in [0.25, 0.3) is 5.76 Å². The van der Waals surface area contributed by atoms with Crippen LogP contribution in [0, 0.1) is 11.3 Å². The van der Waals surface area contributed by atoms with Crippen molar-refractivity contribution in [2.45, 2.75) is 10.7 Å². The molecule has 0 saturated heterocycles. The number of alkyl halides is 2. The molecule has 0 aliphatic carbocycles. The van der Waals surface area contributed by atoms with Gasteiger partial charge in [-0.05, 0) is 24.3 Å². The van der Waals surface area contributed by atoms with Crippen molar-refractivity contribution in [3.05, 3.63) is 82.9 Å². The van der Waals surface area contributed by atoms with Crippen LogP contribution >= 0.6 is 23.1 Å². The van der Waals surface area contributed by atoms with Gasteiger partial charge in [0.05, 0.1) is 11.3 Å². The van der Waals surface area contributed by atoms with Crippen molar-refractivity contribution in [3.63, 3.8) is 0 Å². The number of hydrogen-bond acceptors (Lipinski definition) is 5. The number of thioether (sulfide) groups is 1. The van der Waals surface area contributed by atoms with E-state index in [0.717, 1.165) is 16.8 Å². The molecule has 0 amide bonds. The van der Waals surface area contributed by atoms with Gasteiger partial charge in [-0.3, -0.25) is 0 Å². The highest BCUT2D eigenvalue weighted by Gasteiger charge is 2.11. The van der Waals surface area contributed by atoms with Crippen molar-refractivity contribution >= 4 is 34.7 Å². The zero-order valence-electron chi connectivity index (χ0n) is 15.5. The fourth-order valence-corrected chi connectivity index (χ4v) is 4.10. The van der Waals surface area contributed by atoms with Crippen molar-refractivity contribution in [1.82, 2.24) is 4.98 Å². The molecule has 4 rings (SSSR count). The van der Waals surface area contributed by atoms with E-state index in [1.165, 1.54) is 11.3 Å². The van der Waals surface area contributed by atoms with Gasteiger partial charge in [0.1, 0.15) is 22.6 Å².